The van der Waals surface area contributed by atoms with Crippen molar-refractivity contribution >= 4 is 6.41 Å². The van der Waals surface area contributed by atoms with Crippen LogP contribution in [-0.2, 0) is 10.2 Å². The Morgan fingerprint density at radius 2 is 2.07 bits per heavy atom. The van der Waals surface area contributed by atoms with Gasteiger partial charge in [-0.3, -0.25) is 4.79 Å². The molecule has 1 fully saturated rings. The van der Waals surface area contributed by atoms with Crippen LogP contribution < -0.4 is 10.1 Å². The molecule has 0 spiro atoms. The Morgan fingerprint density at radius 1 is 1.40 bits per heavy atom. The van der Waals surface area contributed by atoms with Gasteiger partial charge in [-0.2, -0.15) is 0 Å². The number of ether oxygens (including phenoxy) is 1. The van der Waals surface area contributed by atoms with E-state index in [0.29, 0.717) is 0 Å². The van der Waals surface area contributed by atoms with Crippen LogP contribution in [0.4, 0.5) is 0 Å². The van der Waals surface area contributed by atoms with Crippen LogP contribution in [0.5, 0.6) is 5.75 Å². The number of rotatable bonds is 5. The normalized spacial score (nSPS) is 16.9. The molecule has 0 atom stereocenters. The molecule has 1 N–H and O–H groups in total. The van der Waals surface area contributed by atoms with E-state index in [1.165, 1.54) is 5.56 Å². The van der Waals surface area contributed by atoms with Crippen LogP contribution >= 0.6 is 0 Å². The molecule has 3 heteroatoms. The summed E-state index contributed by atoms with van der Waals surface area (Å²) in [6, 6.07) is 8.10. The van der Waals surface area contributed by atoms with E-state index >= 15 is 0 Å². The van der Waals surface area contributed by atoms with Crippen molar-refractivity contribution in [3.63, 3.8) is 0 Å². The zero-order chi connectivity index (χ0) is 10.7. The first-order chi connectivity index (χ1) is 7.30. The average Bonchev–Trinajstić information content (AvgIpc) is 3.08. The van der Waals surface area contributed by atoms with E-state index in [2.05, 4.69) is 17.4 Å². The summed E-state index contributed by atoms with van der Waals surface area (Å²) >= 11 is 0. The summed E-state index contributed by atoms with van der Waals surface area (Å²) in [4.78, 5) is 10.3. The third-order valence-electron chi connectivity index (χ3n) is 3.08. The molecule has 0 aliphatic heterocycles. The van der Waals surface area contributed by atoms with Crippen molar-refractivity contribution in [3.8, 4) is 5.75 Å². The highest BCUT2D eigenvalue weighted by Gasteiger charge is 2.43. The van der Waals surface area contributed by atoms with E-state index in [4.69, 9.17) is 4.74 Å². The maximum Gasteiger partial charge on any atom is 0.207 e. The van der Waals surface area contributed by atoms with Crippen molar-refractivity contribution in [2.45, 2.75) is 18.3 Å². The lowest BCUT2D eigenvalue weighted by molar-refractivity contribution is -0.109. The molecule has 15 heavy (non-hydrogen) atoms. The van der Waals surface area contributed by atoms with E-state index in [1.807, 2.05) is 12.1 Å². The Morgan fingerprint density at radius 3 is 2.53 bits per heavy atom. The van der Waals surface area contributed by atoms with E-state index in [1.54, 1.807) is 7.11 Å². The molecular weight excluding hydrogens is 190 g/mol. The standard InChI is InChI=1S/C12H15NO2/c1-15-11-4-2-10(3-5-11)12(6-7-12)8-13-9-14/h2-5,9H,6-8H2,1H3,(H,13,14). The number of benzene rings is 1. The first kappa shape index (κ1) is 10.0. The van der Waals surface area contributed by atoms with Gasteiger partial charge in [0.05, 0.1) is 7.11 Å². The molecule has 1 amide bonds. The third kappa shape index (κ3) is 1.96. The number of carbonyl (C=O) groups is 1. The highest BCUT2D eigenvalue weighted by atomic mass is 16.5. The highest BCUT2D eigenvalue weighted by Crippen LogP contribution is 2.47. The summed E-state index contributed by atoms with van der Waals surface area (Å²) < 4.78 is 5.11. The molecule has 80 valence electrons. The SMILES string of the molecule is COc1ccc(C2(CNC=O)CC2)cc1. The van der Waals surface area contributed by atoms with Gasteiger partial charge in [0.1, 0.15) is 5.75 Å². The van der Waals surface area contributed by atoms with Crippen molar-refractivity contribution in [2.75, 3.05) is 13.7 Å². The number of amides is 1. The predicted molar refractivity (Wildman–Crippen MR) is 58.0 cm³/mol. The molecule has 2 rings (SSSR count). The summed E-state index contributed by atoms with van der Waals surface area (Å²) in [5.41, 5.74) is 1.48. The van der Waals surface area contributed by atoms with Gasteiger partial charge in [-0.1, -0.05) is 12.1 Å². The molecule has 0 aromatic heterocycles. The third-order valence-corrected chi connectivity index (χ3v) is 3.08. The summed E-state index contributed by atoms with van der Waals surface area (Å²) in [5, 5.41) is 2.77. The fourth-order valence-corrected chi connectivity index (χ4v) is 1.90. The Balaban J connectivity index is 2.11. The second kappa shape index (κ2) is 3.93. The lowest BCUT2D eigenvalue weighted by Crippen LogP contribution is -2.25. The molecule has 0 heterocycles. The topological polar surface area (TPSA) is 38.3 Å². The molecule has 0 radical (unpaired) electrons. The molecule has 1 aromatic carbocycles. The molecule has 1 aliphatic rings. The van der Waals surface area contributed by atoms with Crippen molar-refractivity contribution in [2.24, 2.45) is 0 Å². The van der Waals surface area contributed by atoms with Gasteiger partial charge in [0.15, 0.2) is 0 Å². The summed E-state index contributed by atoms with van der Waals surface area (Å²) in [6.07, 6.45) is 3.07. The smallest absolute Gasteiger partial charge is 0.207 e. The fourth-order valence-electron chi connectivity index (χ4n) is 1.90. The first-order valence-electron chi connectivity index (χ1n) is 5.12. The molecule has 1 saturated carbocycles. The summed E-state index contributed by atoms with van der Waals surface area (Å²) in [7, 11) is 1.66. The van der Waals surface area contributed by atoms with Crippen molar-refractivity contribution in [1.82, 2.24) is 5.32 Å². The van der Waals surface area contributed by atoms with E-state index < -0.39 is 0 Å². The van der Waals surface area contributed by atoms with Gasteiger partial charge in [0.2, 0.25) is 6.41 Å². The summed E-state index contributed by atoms with van der Waals surface area (Å²) in [5.74, 6) is 0.873. The van der Waals surface area contributed by atoms with Gasteiger partial charge >= 0.3 is 0 Å². The second-order valence-corrected chi connectivity index (χ2v) is 4.01. The van der Waals surface area contributed by atoms with Crippen molar-refractivity contribution < 1.29 is 9.53 Å². The first-order valence-corrected chi connectivity index (χ1v) is 5.12. The van der Waals surface area contributed by atoms with Gasteiger partial charge in [-0.25, -0.2) is 0 Å². The van der Waals surface area contributed by atoms with Crippen molar-refractivity contribution in [1.29, 1.82) is 0 Å². The van der Waals surface area contributed by atoms with Gasteiger partial charge in [-0.15, -0.1) is 0 Å². The molecule has 1 aliphatic carbocycles. The lowest BCUT2D eigenvalue weighted by atomic mass is 9.96. The van der Waals surface area contributed by atoms with E-state index in [9.17, 15) is 4.79 Å². The Hall–Kier alpha value is -1.51. The van der Waals surface area contributed by atoms with Crippen molar-refractivity contribution in [3.05, 3.63) is 29.8 Å². The predicted octanol–water partition coefficient (Wildman–Crippen LogP) is 1.47. The number of nitrogens with one attached hydrogen (secondary N) is 1. The van der Waals surface area contributed by atoms with Crippen LogP contribution in [0.1, 0.15) is 18.4 Å². The van der Waals surface area contributed by atoms with Crippen LogP contribution in [0.3, 0.4) is 0 Å². The Labute approximate surface area is 89.4 Å². The molecule has 1 aromatic rings. The van der Waals surface area contributed by atoms with Gasteiger partial charge < -0.3 is 10.1 Å². The van der Waals surface area contributed by atoms with Crippen LogP contribution in [0.2, 0.25) is 0 Å². The number of methoxy groups -OCH3 is 1. The van der Waals surface area contributed by atoms with Gasteiger partial charge in [-0.05, 0) is 30.5 Å². The number of hydrogen-bond acceptors (Lipinski definition) is 2. The van der Waals surface area contributed by atoms with Gasteiger partial charge in [0, 0.05) is 12.0 Å². The maximum atomic E-state index is 10.3. The lowest BCUT2D eigenvalue weighted by Gasteiger charge is -2.15. The zero-order valence-corrected chi connectivity index (χ0v) is 8.82. The quantitative estimate of drug-likeness (QED) is 0.739. The molecule has 0 saturated heterocycles. The largest absolute Gasteiger partial charge is 0.497 e. The Kier molecular flexibility index (Phi) is 2.62. The molecule has 3 nitrogen and oxygen atoms in total. The average molecular weight is 205 g/mol. The molecule has 0 unspecified atom stereocenters. The maximum absolute atomic E-state index is 10.3. The Bertz CT molecular complexity index is 341. The number of carbonyl (C=O) groups excluding carboxylic acids is 1. The zero-order valence-electron chi connectivity index (χ0n) is 8.82. The minimum absolute atomic E-state index is 0.188. The summed E-state index contributed by atoms with van der Waals surface area (Å²) in [6.45, 7) is 0.739. The minimum atomic E-state index is 0.188. The van der Waals surface area contributed by atoms with E-state index in [0.717, 1.165) is 31.5 Å². The van der Waals surface area contributed by atoms with Crippen LogP contribution in [-0.4, -0.2) is 20.1 Å². The van der Waals surface area contributed by atoms with Crippen LogP contribution in [0.25, 0.3) is 0 Å². The molecular formula is C12H15NO2. The highest BCUT2D eigenvalue weighted by molar-refractivity contribution is 5.47. The van der Waals surface area contributed by atoms with Crippen LogP contribution in [0.15, 0.2) is 24.3 Å². The molecule has 0 bridgehead atoms. The second-order valence-electron chi connectivity index (χ2n) is 4.01. The fraction of sp³-hybridized carbons (Fsp3) is 0.417. The van der Waals surface area contributed by atoms with Gasteiger partial charge in [0.25, 0.3) is 0 Å². The number of hydrogen-bond donors (Lipinski definition) is 1. The van der Waals surface area contributed by atoms with Crippen LogP contribution in [0, 0.1) is 0 Å². The minimum Gasteiger partial charge on any atom is -0.497 e. The monoisotopic (exact) mass is 205 g/mol. The van der Waals surface area contributed by atoms with E-state index in [-0.39, 0.29) is 5.41 Å².